The van der Waals surface area contributed by atoms with Crippen molar-refractivity contribution in [3.05, 3.63) is 16.6 Å². The van der Waals surface area contributed by atoms with Gasteiger partial charge in [-0.1, -0.05) is 18.7 Å². The number of nitrogens with one attached hydrogen (secondary N) is 2. The van der Waals surface area contributed by atoms with Crippen LogP contribution in [0.4, 0.5) is 5.82 Å². The Morgan fingerprint density at radius 3 is 2.95 bits per heavy atom. The summed E-state index contributed by atoms with van der Waals surface area (Å²) in [7, 11) is 0. The first-order valence-electron chi connectivity index (χ1n) is 5.90. The highest BCUT2D eigenvalue weighted by Gasteiger charge is 2.12. The molecule has 10 heteroatoms. The summed E-state index contributed by atoms with van der Waals surface area (Å²) in [5.74, 6) is 5.90. The van der Waals surface area contributed by atoms with E-state index in [1.807, 2.05) is 13.2 Å². The second-order valence-electron chi connectivity index (χ2n) is 3.79. The van der Waals surface area contributed by atoms with Crippen molar-refractivity contribution in [1.82, 2.24) is 24.7 Å². The Bertz CT molecular complexity index is 617. The van der Waals surface area contributed by atoms with E-state index >= 15 is 0 Å². The van der Waals surface area contributed by atoms with Gasteiger partial charge >= 0.3 is 5.69 Å². The number of hydrazine groups is 1. The third-order valence-electron chi connectivity index (χ3n) is 2.38. The molecule has 0 aliphatic carbocycles. The molecule has 2 rings (SSSR count). The van der Waals surface area contributed by atoms with Crippen LogP contribution < -0.4 is 17.0 Å². The summed E-state index contributed by atoms with van der Waals surface area (Å²) >= 11 is 2.71. The van der Waals surface area contributed by atoms with Gasteiger partial charge < -0.3 is 5.43 Å². The minimum atomic E-state index is -0.217. The minimum absolute atomic E-state index is 0.217. The number of nitrogens with zero attached hydrogens (tertiary/aromatic N) is 4. The molecule has 2 aromatic rings. The number of nitrogens with two attached hydrogens (primary N) is 1. The molecule has 0 atom stereocenters. The second kappa shape index (κ2) is 6.77. The average molecular weight is 313 g/mol. The molecule has 0 saturated carbocycles. The minimum Gasteiger partial charge on any atom is -0.308 e. The molecule has 0 aliphatic heterocycles. The van der Waals surface area contributed by atoms with Crippen LogP contribution in [0.15, 0.2) is 26.2 Å². The van der Waals surface area contributed by atoms with Crippen LogP contribution in [0.5, 0.6) is 0 Å². The van der Waals surface area contributed by atoms with Crippen molar-refractivity contribution >= 4 is 29.3 Å². The molecule has 0 saturated heterocycles. The van der Waals surface area contributed by atoms with Crippen LogP contribution in [0.3, 0.4) is 0 Å². The molecule has 0 aromatic carbocycles. The zero-order chi connectivity index (χ0) is 14.5. The van der Waals surface area contributed by atoms with Crippen molar-refractivity contribution in [3.63, 3.8) is 0 Å². The van der Waals surface area contributed by atoms with Crippen molar-refractivity contribution in [2.24, 2.45) is 5.84 Å². The van der Waals surface area contributed by atoms with Gasteiger partial charge in [0.25, 0.3) is 0 Å². The number of H-pyrrole nitrogens is 1. The highest BCUT2D eigenvalue weighted by Crippen LogP contribution is 2.26. The molecule has 20 heavy (non-hydrogen) atoms. The first kappa shape index (κ1) is 14.9. The first-order valence-corrected chi connectivity index (χ1v) is 7.94. The molecule has 2 heterocycles. The Morgan fingerprint density at radius 2 is 2.30 bits per heavy atom. The van der Waals surface area contributed by atoms with E-state index < -0.39 is 0 Å². The largest absolute Gasteiger partial charge is 0.343 e. The summed E-state index contributed by atoms with van der Waals surface area (Å²) in [6.07, 6.45) is 2.73. The van der Waals surface area contributed by atoms with E-state index in [4.69, 9.17) is 5.84 Å². The predicted octanol–water partition coefficient (Wildman–Crippen LogP) is 0.930. The van der Waals surface area contributed by atoms with Crippen LogP contribution in [0.1, 0.15) is 13.3 Å². The number of rotatable bonds is 6. The van der Waals surface area contributed by atoms with Crippen LogP contribution in [-0.4, -0.2) is 31.0 Å². The molecule has 0 bridgehead atoms. The quantitative estimate of drug-likeness (QED) is 0.237. The number of aromatic amines is 1. The summed E-state index contributed by atoms with van der Waals surface area (Å²) in [4.78, 5) is 20.2. The van der Waals surface area contributed by atoms with E-state index in [2.05, 4.69) is 25.6 Å². The Balaban J connectivity index is 2.32. The van der Waals surface area contributed by atoms with E-state index in [-0.39, 0.29) is 5.69 Å². The summed E-state index contributed by atoms with van der Waals surface area (Å²) in [6, 6.07) is 1.71. The zero-order valence-electron chi connectivity index (χ0n) is 11.1. The average Bonchev–Trinajstić information content (AvgIpc) is 2.80. The van der Waals surface area contributed by atoms with Gasteiger partial charge in [-0.15, -0.1) is 5.10 Å². The number of nitrogen functional groups attached to an aromatic ring is 1. The van der Waals surface area contributed by atoms with Gasteiger partial charge in [-0.3, -0.25) is 4.57 Å². The van der Waals surface area contributed by atoms with Crippen LogP contribution in [0, 0.1) is 0 Å². The molecule has 2 aromatic heterocycles. The van der Waals surface area contributed by atoms with Gasteiger partial charge in [0.15, 0.2) is 10.3 Å². The molecular formula is C10H15N7OS2. The van der Waals surface area contributed by atoms with Gasteiger partial charge in [-0.2, -0.15) is 0 Å². The maximum Gasteiger partial charge on any atom is 0.343 e. The summed E-state index contributed by atoms with van der Waals surface area (Å²) in [5, 5.41) is 8.31. The maximum absolute atomic E-state index is 11.6. The van der Waals surface area contributed by atoms with Gasteiger partial charge in [0.1, 0.15) is 10.8 Å². The highest BCUT2D eigenvalue weighted by atomic mass is 32.2. The normalized spacial score (nSPS) is 10.8. The Labute approximate surface area is 123 Å². The van der Waals surface area contributed by atoms with E-state index in [1.165, 1.54) is 23.5 Å². The topological polar surface area (TPSA) is 115 Å². The predicted molar refractivity (Wildman–Crippen MR) is 78.9 cm³/mol. The van der Waals surface area contributed by atoms with Crippen molar-refractivity contribution in [2.45, 2.75) is 35.2 Å². The molecule has 0 aliphatic rings. The number of hydrogen-bond donors (Lipinski definition) is 3. The molecule has 0 fully saturated rings. The lowest BCUT2D eigenvalue weighted by Crippen LogP contribution is -2.17. The number of aromatic nitrogens is 5. The number of anilines is 1. The van der Waals surface area contributed by atoms with Crippen LogP contribution >= 0.6 is 23.5 Å². The fourth-order valence-electron chi connectivity index (χ4n) is 1.52. The van der Waals surface area contributed by atoms with Crippen molar-refractivity contribution in [2.75, 3.05) is 11.7 Å². The summed E-state index contributed by atoms with van der Waals surface area (Å²) in [5.41, 5.74) is 2.28. The fourth-order valence-corrected chi connectivity index (χ4v) is 2.82. The van der Waals surface area contributed by atoms with Crippen LogP contribution in [-0.2, 0) is 6.54 Å². The SMILES string of the molecule is CCCn1c(Sc2cc(NN)nc(SC)n2)n[nH]c1=O. The van der Waals surface area contributed by atoms with E-state index in [1.54, 1.807) is 10.6 Å². The van der Waals surface area contributed by atoms with Gasteiger partial charge in [-0.25, -0.2) is 25.7 Å². The van der Waals surface area contributed by atoms with Crippen molar-refractivity contribution in [1.29, 1.82) is 0 Å². The lowest BCUT2D eigenvalue weighted by molar-refractivity contribution is 0.603. The standard InChI is InChI=1S/C10H15N7OS2/c1-3-4-17-9(18)15-16-10(17)20-7-5-6(14-11)12-8(13-7)19-2/h5H,3-4,11H2,1-2H3,(H,15,18)(H,12,13,14). The number of thioether (sulfide) groups is 1. The molecule has 0 unspecified atom stereocenters. The second-order valence-corrected chi connectivity index (χ2v) is 5.55. The van der Waals surface area contributed by atoms with Crippen LogP contribution in [0.25, 0.3) is 0 Å². The lowest BCUT2D eigenvalue weighted by Gasteiger charge is -2.06. The van der Waals surface area contributed by atoms with E-state index in [9.17, 15) is 4.79 Å². The Hall–Kier alpha value is -1.52. The number of hydrogen-bond acceptors (Lipinski definition) is 8. The highest BCUT2D eigenvalue weighted by molar-refractivity contribution is 7.99. The third-order valence-corrected chi connectivity index (χ3v) is 3.84. The summed E-state index contributed by atoms with van der Waals surface area (Å²) in [6.45, 7) is 2.61. The van der Waals surface area contributed by atoms with E-state index in [0.717, 1.165) is 6.42 Å². The fraction of sp³-hybridized carbons (Fsp3) is 0.400. The summed E-state index contributed by atoms with van der Waals surface area (Å²) < 4.78 is 1.58. The first-order chi connectivity index (χ1) is 9.67. The molecule has 0 amide bonds. The molecule has 8 nitrogen and oxygen atoms in total. The van der Waals surface area contributed by atoms with Crippen LogP contribution in [0.2, 0.25) is 0 Å². The van der Waals surface area contributed by atoms with Gasteiger partial charge in [-0.05, 0) is 24.4 Å². The zero-order valence-corrected chi connectivity index (χ0v) is 12.7. The lowest BCUT2D eigenvalue weighted by atomic mass is 10.5. The van der Waals surface area contributed by atoms with Crippen molar-refractivity contribution in [3.8, 4) is 0 Å². The maximum atomic E-state index is 11.6. The van der Waals surface area contributed by atoms with Crippen molar-refractivity contribution < 1.29 is 0 Å². The molecule has 0 radical (unpaired) electrons. The Morgan fingerprint density at radius 1 is 1.50 bits per heavy atom. The van der Waals surface area contributed by atoms with Gasteiger partial charge in [0.05, 0.1) is 0 Å². The molecule has 108 valence electrons. The Kier molecular flexibility index (Phi) is 5.04. The monoisotopic (exact) mass is 313 g/mol. The molecule has 4 N–H and O–H groups in total. The molecule has 0 spiro atoms. The molecular weight excluding hydrogens is 298 g/mol. The van der Waals surface area contributed by atoms with Gasteiger partial charge in [0.2, 0.25) is 0 Å². The third kappa shape index (κ3) is 3.32. The van der Waals surface area contributed by atoms with Gasteiger partial charge in [0, 0.05) is 12.6 Å². The van der Waals surface area contributed by atoms with E-state index in [0.29, 0.717) is 27.7 Å². The smallest absolute Gasteiger partial charge is 0.308 e.